The first kappa shape index (κ1) is 28.5. The van der Waals surface area contributed by atoms with Crippen molar-refractivity contribution in [2.24, 2.45) is 4.99 Å². The zero-order chi connectivity index (χ0) is 29.0. The van der Waals surface area contributed by atoms with Gasteiger partial charge in [-0.1, -0.05) is 49.9 Å². The van der Waals surface area contributed by atoms with Crippen LogP contribution in [0.2, 0.25) is 0 Å². The summed E-state index contributed by atoms with van der Waals surface area (Å²) in [5.74, 6) is -0.254. The molecule has 0 bridgehead atoms. The summed E-state index contributed by atoms with van der Waals surface area (Å²) >= 11 is 1.03. The lowest BCUT2D eigenvalue weighted by molar-refractivity contribution is -0.122. The van der Waals surface area contributed by atoms with Crippen molar-refractivity contribution < 1.29 is 24.2 Å². The summed E-state index contributed by atoms with van der Waals surface area (Å²) in [4.78, 5) is 58.6. The van der Waals surface area contributed by atoms with Crippen molar-refractivity contribution in [1.29, 1.82) is 0 Å². The van der Waals surface area contributed by atoms with E-state index in [9.17, 15) is 24.3 Å². The molecule has 0 unspecified atom stereocenters. The number of aromatic amines is 2. The predicted molar refractivity (Wildman–Crippen MR) is 151 cm³/mol. The Balaban J connectivity index is 1.57. The van der Waals surface area contributed by atoms with Crippen LogP contribution < -0.4 is 31.4 Å². The normalized spacial score (nSPS) is 16.6. The van der Waals surface area contributed by atoms with Gasteiger partial charge < -0.3 is 25.2 Å². The number of carbonyl (C=O) groups is 2. The molecule has 4 rings (SSSR count). The van der Waals surface area contributed by atoms with Gasteiger partial charge in [0.25, 0.3) is 5.56 Å². The van der Waals surface area contributed by atoms with E-state index < -0.39 is 40.2 Å². The molecule has 13 heteroatoms. The summed E-state index contributed by atoms with van der Waals surface area (Å²) in [6.45, 7) is 4.08. The maximum atomic E-state index is 12.7. The molecule has 1 aliphatic heterocycles. The number of amides is 2. The predicted octanol–water partition coefficient (Wildman–Crippen LogP) is 2.62. The monoisotopic (exact) mass is 567 g/mol. The van der Waals surface area contributed by atoms with Crippen molar-refractivity contribution in [1.82, 2.24) is 15.3 Å². The Morgan fingerprint density at radius 1 is 1.02 bits per heavy atom. The number of aromatic nitrogens is 2. The van der Waals surface area contributed by atoms with Crippen LogP contribution in [0.1, 0.15) is 48.9 Å². The number of carbonyl (C=O) groups excluding carboxylic acids is 2. The Hall–Kier alpha value is -4.52. The molecule has 210 valence electrons. The fraction of sp³-hybridized carbons (Fsp3) is 0.296. The highest BCUT2D eigenvalue weighted by atomic mass is 32.2. The van der Waals surface area contributed by atoms with Crippen LogP contribution in [-0.2, 0) is 9.59 Å². The van der Waals surface area contributed by atoms with Crippen LogP contribution in [0.5, 0.6) is 17.4 Å². The number of thioether (sulfide) groups is 1. The first-order chi connectivity index (χ1) is 19.1. The summed E-state index contributed by atoms with van der Waals surface area (Å²) in [7, 11) is 2.99. The number of nitrogens with zero attached hydrogens (tertiary/aromatic N) is 1. The van der Waals surface area contributed by atoms with E-state index in [1.165, 1.54) is 14.2 Å². The first-order valence-corrected chi connectivity index (χ1v) is 13.2. The summed E-state index contributed by atoms with van der Waals surface area (Å²) in [5.41, 5.74) is 0.209. The molecule has 2 atom stereocenters. The summed E-state index contributed by atoms with van der Waals surface area (Å²) < 4.78 is 10.5. The number of hydrogen-bond acceptors (Lipinski definition) is 9. The molecule has 1 aliphatic rings. The lowest BCUT2D eigenvalue weighted by Crippen LogP contribution is -2.29. The number of H-pyrrole nitrogens is 2. The molecule has 12 nitrogen and oxygen atoms in total. The summed E-state index contributed by atoms with van der Waals surface area (Å²) in [6.07, 6.45) is -0.151. The Morgan fingerprint density at radius 3 is 2.33 bits per heavy atom. The van der Waals surface area contributed by atoms with E-state index in [-0.39, 0.29) is 23.1 Å². The standard InChI is InChI=1S/C27H29N5O7S/c1-13(2)14-5-7-15(8-6-14)22(21-24(35)30-26(37)31-25(21)36)29-27-32-23(34)19(40-27)12-20(33)28-16-9-10-17(38-3)18(11-16)39-4/h5-11,13,19,22H,12H2,1-4H3,(H,28,33)(H,29,32,34)(H3,30,31,35,36,37)/t19-,22-/m0/s1. The third-order valence-electron chi connectivity index (χ3n) is 6.21. The van der Waals surface area contributed by atoms with Gasteiger partial charge >= 0.3 is 5.69 Å². The molecular formula is C27H29N5O7S. The molecule has 0 saturated carbocycles. The van der Waals surface area contributed by atoms with Gasteiger partial charge in [0.2, 0.25) is 17.7 Å². The number of nitrogens with one attached hydrogen (secondary N) is 4. The molecule has 40 heavy (non-hydrogen) atoms. The fourth-order valence-corrected chi connectivity index (χ4v) is 5.12. The van der Waals surface area contributed by atoms with Crippen molar-refractivity contribution in [2.75, 3.05) is 19.5 Å². The Labute approximate surface area is 233 Å². The molecule has 1 fully saturated rings. The Morgan fingerprint density at radius 2 is 1.70 bits per heavy atom. The van der Waals surface area contributed by atoms with Crippen LogP contribution in [0.3, 0.4) is 0 Å². The molecular weight excluding hydrogens is 538 g/mol. The van der Waals surface area contributed by atoms with Crippen LogP contribution in [-0.4, -0.2) is 51.5 Å². The SMILES string of the molecule is COc1ccc(NC(=O)C[C@@H]2SC(=N[C@@H](c3ccc(C(C)C)cc3)c3c(O)[nH]c(=O)[nH]c3=O)NC2=O)cc1OC. The number of anilines is 1. The van der Waals surface area contributed by atoms with Gasteiger partial charge in [-0.3, -0.25) is 24.4 Å². The van der Waals surface area contributed by atoms with Crippen LogP contribution in [0, 0.1) is 0 Å². The maximum absolute atomic E-state index is 12.7. The van der Waals surface area contributed by atoms with E-state index in [1.54, 1.807) is 30.3 Å². The number of aliphatic imine (C=N–C) groups is 1. The van der Waals surface area contributed by atoms with Crippen molar-refractivity contribution in [2.45, 2.75) is 37.5 Å². The van der Waals surface area contributed by atoms with Crippen molar-refractivity contribution in [3.63, 3.8) is 0 Å². The lowest BCUT2D eigenvalue weighted by atomic mass is 9.96. The zero-order valence-corrected chi connectivity index (χ0v) is 23.0. The third kappa shape index (κ3) is 6.37. The van der Waals surface area contributed by atoms with Crippen molar-refractivity contribution >= 4 is 34.4 Å². The Bertz CT molecular complexity index is 1560. The van der Waals surface area contributed by atoms with E-state index in [4.69, 9.17) is 9.47 Å². The number of hydrogen-bond donors (Lipinski definition) is 5. The van der Waals surface area contributed by atoms with E-state index >= 15 is 0 Å². The van der Waals surface area contributed by atoms with E-state index in [1.807, 2.05) is 26.0 Å². The zero-order valence-electron chi connectivity index (χ0n) is 22.2. The van der Waals surface area contributed by atoms with Gasteiger partial charge in [-0.25, -0.2) is 9.79 Å². The van der Waals surface area contributed by atoms with Crippen LogP contribution in [0.4, 0.5) is 5.69 Å². The highest BCUT2D eigenvalue weighted by Crippen LogP contribution is 2.33. The molecule has 3 aromatic rings. The fourth-order valence-electron chi connectivity index (χ4n) is 4.12. The molecule has 2 amide bonds. The minimum Gasteiger partial charge on any atom is -0.494 e. The third-order valence-corrected chi connectivity index (χ3v) is 7.31. The van der Waals surface area contributed by atoms with Crippen LogP contribution in [0.15, 0.2) is 57.0 Å². The molecule has 0 aliphatic carbocycles. The average Bonchev–Trinajstić information content (AvgIpc) is 3.25. The summed E-state index contributed by atoms with van der Waals surface area (Å²) in [6, 6.07) is 11.2. The largest absolute Gasteiger partial charge is 0.494 e. The van der Waals surface area contributed by atoms with E-state index in [2.05, 4.69) is 25.6 Å². The number of aromatic hydroxyl groups is 1. The lowest BCUT2D eigenvalue weighted by Gasteiger charge is -2.15. The number of ether oxygens (including phenoxy) is 2. The molecule has 5 N–H and O–H groups in total. The van der Waals surface area contributed by atoms with Crippen LogP contribution >= 0.6 is 11.8 Å². The minimum absolute atomic E-state index is 0.151. The Kier molecular flexibility index (Phi) is 8.63. The van der Waals surface area contributed by atoms with Crippen LogP contribution in [0.25, 0.3) is 0 Å². The molecule has 2 heterocycles. The van der Waals surface area contributed by atoms with Gasteiger partial charge in [0.15, 0.2) is 16.7 Å². The van der Waals surface area contributed by atoms with E-state index in [0.29, 0.717) is 22.7 Å². The maximum Gasteiger partial charge on any atom is 0.328 e. The topological polar surface area (TPSA) is 175 Å². The molecule has 1 aromatic heterocycles. The second-order valence-electron chi connectivity index (χ2n) is 9.25. The van der Waals surface area contributed by atoms with E-state index in [0.717, 1.165) is 17.3 Å². The first-order valence-electron chi connectivity index (χ1n) is 12.3. The molecule has 0 spiro atoms. The number of methoxy groups -OCH3 is 2. The number of benzene rings is 2. The van der Waals surface area contributed by atoms with Gasteiger partial charge in [-0.2, -0.15) is 0 Å². The number of amidine groups is 1. The molecule has 0 radical (unpaired) electrons. The second kappa shape index (κ2) is 12.1. The summed E-state index contributed by atoms with van der Waals surface area (Å²) in [5, 5.41) is 15.2. The minimum atomic E-state index is -1.05. The smallest absolute Gasteiger partial charge is 0.328 e. The van der Waals surface area contributed by atoms with Gasteiger partial charge in [-0.05, 0) is 29.2 Å². The molecule has 2 aromatic carbocycles. The van der Waals surface area contributed by atoms with Gasteiger partial charge in [0.05, 0.1) is 14.2 Å². The highest BCUT2D eigenvalue weighted by molar-refractivity contribution is 8.15. The van der Waals surface area contributed by atoms with Crippen molar-refractivity contribution in [3.05, 3.63) is 80.0 Å². The number of rotatable bonds is 9. The highest BCUT2D eigenvalue weighted by Gasteiger charge is 2.34. The van der Waals surface area contributed by atoms with Gasteiger partial charge in [-0.15, -0.1) is 0 Å². The van der Waals surface area contributed by atoms with Crippen molar-refractivity contribution in [3.8, 4) is 17.4 Å². The molecule has 1 saturated heterocycles. The van der Waals surface area contributed by atoms with Gasteiger partial charge in [0, 0.05) is 18.2 Å². The van der Waals surface area contributed by atoms with Gasteiger partial charge in [0.1, 0.15) is 16.9 Å². The second-order valence-corrected chi connectivity index (χ2v) is 10.4. The quantitative estimate of drug-likeness (QED) is 0.262. The average molecular weight is 568 g/mol.